The minimum absolute atomic E-state index is 0. The predicted octanol–water partition coefficient (Wildman–Crippen LogP) is 11.2. The van der Waals surface area contributed by atoms with E-state index < -0.39 is 95.0 Å². The number of nitrogens with one attached hydrogen (secondary N) is 6. The Hall–Kier alpha value is -5.19. The number of carbonyl (C=O) groups is 3. The van der Waals surface area contributed by atoms with Crippen LogP contribution in [0.5, 0.6) is 0 Å². The Labute approximate surface area is 474 Å². The molecule has 0 heterocycles. The molecule has 76 heavy (non-hydrogen) atoms. The number of anilines is 6. The minimum atomic E-state index is -1.37. The smallest absolute Gasteiger partial charge is 0.277 e. The normalized spacial score (nSPS) is 11.9. The molecule has 7 rings (SSSR count). The highest BCUT2D eigenvalue weighted by atomic mass is 127. The first-order chi connectivity index (χ1) is 35.7. The lowest BCUT2D eigenvalue weighted by Crippen LogP contribution is -2.30. The van der Waals surface area contributed by atoms with Gasteiger partial charge < -0.3 is 31.3 Å². The summed E-state index contributed by atoms with van der Waals surface area (Å²) in [6, 6.07) is 18.8. The van der Waals surface area contributed by atoms with Gasteiger partial charge in [0.2, 0.25) is 0 Å². The number of hydrogen-bond donors (Lipinski definition) is 9. The molecule has 0 aliphatic heterocycles. The van der Waals surface area contributed by atoms with Gasteiger partial charge in [0.15, 0.2) is 34.9 Å². The first kappa shape index (κ1) is 63.3. The summed E-state index contributed by atoms with van der Waals surface area (Å²) in [5.41, 5.74) is 4.14. The highest BCUT2D eigenvalue weighted by molar-refractivity contribution is 14.1. The maximum absolute atomic E-state index is 14.3. The van der Waals surface area contributed by atoms with Crippen LogP contribution in [0.2, 0.25) is 5.02 Å². The topological polar surface area (TPSA) is 212 Å². The molecule has 1 aliphatic carbocycles. The van der Waals surface area contributed by atoms with E-state index in [4.69, 9.17) is 31.8 Å². The van der Waals surface area contributed by atoms with Gasteiger partial charge in [-0.05, 0) is 178 Å². The fourth-order valence-electron chi connectivity index (χ4n) is 5.86. The van der Waals surface area contributed by atoms with Crippen LogP contribution in [0.3, 0.4) is 0 Å². The number of hydroxylamine groups is 3. The van der Waals surface area contributed by atoms with Crippen molar-refractivity contribution in [2.24, 2.45) is 5.92 Å². The van der Waals surface area contributed by atoms with E-state index in [2.05, 4.69) is 53.7 Å². The number of amides is 3. The molecular formula is C49H44ClF8I3N6O9. The van der Waals surface area contributed by atoms with Gasteiger partial charge in [0.1, 0.15) is 24.3 Å². The first-order valence-corrected chi connectivity index (χ1v) is 25.1. The summed E-state index contributed by atoms with van der Waals surface area (Å²) in [6.07, 6.45) is 0.914. The number of rotatable bonds is 19. The van der Waals surface area contributed by atoms with Crippen molar-refractivity contribution in [3.05, 3.63) is 170 Å². The monoisotopic (exact) mass is 1430 g/mol. The van der Waals surface area contributed by atoms with Gasteiger partial charge in [0.25, 0.3) is 17.7 Å². The maximum Gasteiger partial charge on any atom is 0.277 e. The fourth-order valence-corrected chi connectivity index (χ4v) is 7.67. The molecule has 1 fully saturated rings. The summed E-state index contributed by atoms with van der Waals surface area (Å²) >= 11 is 12.0. The van der Waals surface area contributed by atoms with Crippen LogP contribution < -0.4 is 32.4 Å². The van der Waals surface area contributed by atoms with Gasteiger partial charge in [0.05, 0.1) is 82.3 Å². The largest absolute Gasteiger partial charge is 0.394 e. The summed E-state index contributed by atoms with van der Waals surface area (Å²) in [4.78, 5) is 50.8. The Kier molecular flexibility index (Phi) is 25.6. The fraction of sp³-hybridized carbons (Fsp3) is 0.204. The SMILES string of the molecule is C.O=C(NOCC1CC1)c1ccc(F)c(F)c1Nc1ccc(I)cc1Cl.O=C(NOCCO)c1ccc(F)c(F)c1Nc1ccc(I)cc1F.O=C(NOC[C@H](O)CO)c1ccc(F)c(F)c1Nc1ccc(I)cc1F. The average molecular weight is 1430 g/mol. The molecule has 3 amide bonds. The summed E-state index contributed by atoms with van der Waals surface area (Å²) in [6.45, 7) is -1.11. The standard InChI is InChI=1S/C17H14ClF2IN2O2.C16H14F3IN2O4.C15H12F3IN2O3.CH4/c18-12-7-10(21)3-6-14(12)22-16-11(4-5-13(19)15(16)20)17(24)23-25-8-9-1-2-9;17-11-3-2-10(16(25)22-26-7-9(24)6-23)15(14(11)19)21-13-4-1-8(20)5-12(13)18;16-10-3-2-9(15(23)21-24-6-5-22)14(13(10)18)20-12-4-1-8(19)7-11(12)17;/h3-7,9,22H,1-2,8H2,(H,23,24);1-5,9,21,23-24H,6-7H2,(H,22,25);1-4,7,20,22H,5-6H2,(H,21,23);1H4/t;9-;;/m.1../s1. The number of aliphatic hydroxyl groups is 3. The van der Waals surface area contributed by atoms with E-state index in [-0.39, 0.29) is 54.4 Å². The maximum atomic E-state index is 14.3. The van der Waals surface area contributed by atoms with Crippen molar-refractivity contribution < 1.29 is 79.3 Å². The highest BCUT2D eigenvalue weighted by Gasteiger charge is 2.25. The van der Waals surface area contributed by atoms with Crippen molar-refractivity contribution in [1.82, 2.24) is 16.4 Å². The van der Waals surface area contributed by atoms with Crippen LogP contribution in [0.4, 0.5) is 69.2 Å². The number of hydrogen-bond acceptors (Lipinski definition) is 12. The third kappa shape index (κ3) is 18.5. The van der Waals surface area contributed by atoms with Crippen LogP contribution in [-0.4, -0.2) is 72.2 Å². The van der Waals surface area contributed by atoms with E-state index in [1.54, 1.807) is 30.3 Å². The van der Waals surface area contributed by atoms with Gasteiger partial charge in [-0.25, -0.2) is 51.6 Å². The molecule has 6 aromatic rings. The molecule has 0 saturated heterocycles. The molecule has 27 heteroatoms. The second-order valence-electron chi connectivity index (χ2n) is 15.4. The molecule has 1 atom stereocenters. The predicted molar refractivity (Wildman–Crippen MR) is 291 cm³/mol. The molecule has 15 nitrogen and oxygen atoms in total. The second-order valence-corrected chi connectivity index (χ2v) is 19.5. The third-order valence-corrected chi connectivity index (χ3v) is 12.1. The van der Waals surface area contributed by atoms with Gasteiger partial charge in [-0.1, -0.05) is 19.0 Å². The summed E-state index contributed by atoms with van der Waals surface area (Å²) in [7, 11) is 0. The Balaban J connectivity index is 0.000000245. The molecule has 1 aliphatic rings. The van der Waals surface area contributed by atoms with E-state index in [1.807, 2.05) is 56.1 Å². The van der Waals surface area contributed by atoms with Crippen molar-refractivity contribution in [2.45, 2.75) is 26.4 Å². The van der Waals surface area contributed by atoms with Crippen molar-refractivity contribution in [3.63, 3.8) is 0 Å². The third-order valence-electron chi connectivity index (χ3n) is 9.78. The van der Waals surface area contributed by atoms with Crippen molar-refractivity contribution in [3.8, 4) is 0 Å². The lowest BCUT2D eigenvalue weighted by Gasteiger charge is -2.15. The molecule has 6 aromatic carbocycles. The Morgan fingerprint density at radius 2 is 0.934 bits per heavy atom. The van der Waals surface area contributed by atoms with Gasteiger partial charge >= 0.3 is 0 Å². The molecule has 408 valence electrons. The zero-order valence-electron chi connectivity index (χ0n) is 38.1. The van der Waals surface area contributed by atoms with Crippen LogP contribution >= 0.6 is 79.4 Å². The number of carbonyl (C=O) groups excluding carboxylic acids is 3. The van der Waals surface area contributed by atoms with E-state index >= 15 is 0 Å². The van der Waals surface area contributed by atoms with E-state index in [1.165, 1.54) is 30.3 Å². The van der Waals surface area contributed by atoms with Crippen LogP contribution in [0.25, 0.3) is 0 Å². The summed E-state index contributed by atoms with van der Waals surface area (Å²) < 4.78 is 113. The van der Waals surface area contributed by atoms with Crippen molar-refractivity contribution in [1.29, 1.82) is 0 Å². The first-order valence-electron chi connectivity index (χ1n) is 21.5. The Bertz CT molecular complexity index is 3010. The highest BCUT2D eigenvalue weighted by Crippen LogP contribution is 2.34. The molecule has 9 N–H and O–H groups in total. The quantitative estimate of drug-likeness (QED) is 0.0160. The average Bonchev–Trinajstić information content (AvgIpc) is 4.20. The molecule has 0 bridgehead atoms. The van der Waals surface area contributed by atoms with Crippen LogP contribution in [0.15, 0.2) is 91.0 Å². The van der Waals surface area contributed by atoms with Crippen molar-refractivity contribution in [2.75, 3.05) is 49.0 Å². The van der Waals surface area contributed by atoms with Gasteiger partial charge in [0, 0.05) is 10.7 Å². The number of aliphatic hydroxyl groups excluding tert-OH is 3. The number of halogens is 12. The minimum Gasteiger partial charge on any atom is -0.394 e. The van der Waals surface area contributed by atoms with Gasteiger partial charge in [-0.3, -0.25) is 28.9 Å². The Morgan fingerprint density at radius 1 is 0.553 bits per heavy atom. The zero-order chi connectivity index (χ0) is 54.9. The number of benzene rings is 6. The van der Waals surface area contributed by atoms with E-state index in [0.29, 0.717) is 30.4 Å². The molecular weight excluding hydrogens is 1380 g/mol. The lowest BCUT2D eigenvalue weighted by atomic mass is 10.1. The van der Waals surface area contributed by atoms with Crippen LogP contribution in [0.1, 0.15) is 51.3 Å². The van der Waals surface area contributed by atoms with Crippen molar-refractivity contribution >= 4 is 131 Å². The molecule has 0 unspecified atom stereocenters. The second kappa shape index (κ2) is 30.7. The summed E-state index contributed by atoms with van der Waals surface area (Å²) in [5, 5.41) is 34.2. The van der Waals surface area contributed by atoms with E-state index in [0.717, 1.165) is 46.7 Å². The molecule has 0 radical (unpaired) electrons. The van der Waals surface area contributed by atoms with Crippen LogP contribution in [0, 0.1) is 63.2 Å². The Morgan fingerprint density at radius 3 is 1.32 bits per heavy atom. The van der Waals surface area contributed by atoms with Gasteiger partial charge in [-0.15, -0.1) is 0 Å². The van der Waals surface area contributed by atoms with Crippen LogP contribution in [-0.2, 0) is 14.5 Å². The molecule has 1 saturated carbocycles. The molecule has 0 aromatic heterocycles. The van der Waals surface area contributed by atoms with E-state index in [9.17, 15) is 49.5 Å². The lowest BCUT2D eigenvalue weighted by molar-refractivity contribution is -0.0295. The zero-order valence-corrected chi connectivity index (χ0v) is 45.3. The molecule has 0 spiro atoms. The summed E-state index contributed by atoms with van der Waals surface area (Å²) in [5.74, 6) is -10.8. The van der Waals surface area contributed by atoms with Gasteiger partial charge in [-0.2, -0.15) is 0 Å².